The molecule has 2 aromatic heterocycles. The van der Waals surface area contributed by atoms with Gasteiger partial charge in [-0.15, -0.1) is 0 Å². The summed E-state index contributed by atoms with van der Waals surface area (Å²) in [6, 6.07) is 10.9. The Morgan fingerprint density at radius 1 is 1.16 bits per heavy atom. The van der Waals surface area contributed by atoms with Crippen molar-refractivity contribution in [2.45, 2.75) is 60.7 Å². The van der Waals surface area contributed by atoms with Crippen LogP contribution in [0.2, 0.25) is 0 Å². The molecular weight excluding hydrogens is 521 g/mol. The first-order valence-electron chi connectivity index (χ1n) is 13.0. The Morgan fingerprint density at radius 3 is 2.66 bits per heavy atom. The van der Waals surface area contributed by atoms with Gasteiger partial charge in [-0.25, -0.2) is 19.3 Å². The SMILES string of the molecule is C[C@H]1CCCCN1c1cc(Sc2ncccn2)nc(NC(=S)NCC2(c3ccc(F)cc3)CCOCC2)n1. The topological polar surface area (TPSA) is 88.1 Å². The Bertz CT molecular complexity index is 1230. The van der Waals surface area contributed by atoms with Crippen LogP contribution in [0.4, 0.5) is 16.2 Å². The lowest BCUT2D eigenvalue weighted by Gasteiger charge is -2.38. The van der Waals surface area contributed by atoms with Gasteiger partial charge in [-0.1, -0.05) is 12.1 Å². The second-order valence-corrected chi connectivity index (χ2v) is 11.2. The highest BCUT2D eigenvalue weighted by Gasteiger charge is 2.34. The standard InChI is InChI=1S/C27H32FN7OS2/c1-19-5-2-3-14-35(19)22-17-23(38-26-29-12-4-13-30-26)33-24(32-22)34-25(37)31-18-27(10-15-36-16-11-27)20-6-8-21(28)9-7-20/h4,6-9,12-13,17,19H,2-3,5,10-11,14-16,18H2,1H3,(H2,31,32,33,34,37)/t19-/m0/s1. The maximum Gasteiger partial charge on any atom is 0.232 e. The van der Waals surface area contributed by atoms with Gasteiger partial charge in [0.1, 0.15) is 16.7 Å². The van der Waals surface area contributed by atoms with Gasteiger partial charge >= 0.3 is 0 Å². The second-order valence-electron chi connectivity index (χ2n) is 9.77. The fraction of sp³-hybridized carbons (Fsp3) is 0.444. The zero-order chi connectivity index (χ0) is 26.4. The molecule has 2 aliphatic rings. The zero-order valence-electron chi connectivity index (χ0n) is 21.4. The Morgan fingerprint density at radius 2 is 1.92 bits per heavy atom. The Kier molecular flexibility index (Phi) is 8.65. The molecule has 0 amide bonds. The molecule has 38 heavy (non-hydrogen) atoms. The molecule has 200 valence electrons. The van der Waals surface area contributed by atoms with Gasteiger partial charge in [-0.05, 0) is 86.8 Å². The number of ether oxygens (including phenoxy) is 1. The first kappa shape index (κ1) is 26.7. The molecule has 2 N–H and O–H groups in total. The predicted molar refractivity (Wildman–Crippen MR) is 151 cm³/mol. The molecule has 8 nitrogen and oxygen atoms in total. The maximum absolute atomic E-state index is 13.6. The number of piperidine rings is 1. The predicted octanol–water partition coefficient (Wildman–Crippen LogP) is 4.97. The third kappa shape index (κ3) is 6.57. The summed E-state index contributed by atoms with van der Waals surface area (Å²) < 4.78 is 19.2. The van der Waals surface area contributed by atoms with E-state index in [9.17, 15) is 4.39 Å². The summed E-state index contributed by atoms with van der Waals surface area (Å²) in [5.74, 6) is 1.05. The van der Waals surface area contributed by atoms with Crippen LogP contribution in [0.25, 0.3) is 0 Å². The summed E-state index contributed by atoms with van der Waals surface area (Å²) in [7, 11) is 0. The fourth-order valence-electron chi connectivity index (χ4n) is 5.07. The van der Waals surface area contributed by atoms with Crippen molar-refractivity contribution in [3.05, 3.63) is 60.2 Å². The molecule has 5 rings (SSSR count). The number of thiocarbonyl (C=S) groups is 1. The van der Waals surface area contributed by atoms with Gasteiger partial charge in [0.15, 0.2) is 10.3 Å². The number of rotatable bonds is 7. The van der Waals surface area contributed by atoms with Crippen LogP contribution in [-0.4, -0.2) is 57.4 Å². The first-order chi connectivity index (χ1) is 18.5. The molecule has 0 saturated carbocycles. The molecule has 0 radical (unpaired) electrons. The average molecular weight is 554 g/mol. The zero-order valence-corrected chi connectivity index (χ0v) is 23.0. The van der Waals surface area contributed by atoms with Crippen molar-refractivity contribution < 1.29 is 9.13 Å². The molecule has 0 spiro atoms. The monoisotopic (exact) mass is 553 g/mol. The van der Waals surface area contributed by atoms with E-state index in [1.54, 1.807) is 18.5 Å². The lowest BCUT2D eigenvalue weighted by atomic mass is 9.74. The number of anilines is 2. The van der Waals surface area contributed by atoms with Crippen LogP contribution in [0.15, 0.2) is 59.0 Å². The lowest BCUT2D eigenvalue weighted by Crippen LogP contribution is -2.45. The van der Waals surface area contributed by atoms with Gasteiger partial charge in [0.2, 0.25) is 5.95 Å². The van der Waals surface area contributed by atoms with Crippen molar-refractivity contribution in [3.8, 4) is 0 Å². The number of nitrogens with zero attached hydrogens (tertiary/aromatic N) is 5. The Hall–Kier alpha value is -2.89. The van der Waals surface area contributed by atoms with Gasteiger partial charge in [0, 0.05) is 56.2 Å². The first-order valence-corrected chi connectivity index (χ1v) is 14.2. The third-order valence-electron chi connectivity index (χ3n) is 7.24. The highest BCUT2D eigenvalue weighted by atomic mass is 32.2. The van der Waals surface area contributed by atoms with Crippen molar-refractivity contribution in [2.75, 3.05) is 36.5 Å². The molecule has 0 bridgehead atoms. The van der Waals surface area contributed by atoms with Crippen LogP contribution in [0.3, 0.4) is 0 Å². The summed E-state index contributed by atoms with van der Waals surface area (Å²) in [6.07, 6.45) is 8.58. The van der Waals surface area contributed by atoms with Gasteiger partial charge < -0.3 is 20.3 Å². The van der Waals surface area contributed by atoms with E-state index in [1.807, 2.05) is 18.2 Å². The van der Waals surface area contributed by atoms with Gasteiger partial charge in [0.25, 0.3) is 0 Å². The van der Waals surface area contributed by atoms with Gasteiger partial charge in [-0.3, -0.25) is 0 Å². The van der Waals surface area contributed by atoms with Crippen LogP contribution >= 0.6 is 24.0 Å². The molecule has 11 heteroatoms. The van der Waals surface area contributed by atoms with Gasteiger partial charge in [-0.2, -0.15) is 4.98 Å². The third-order valence-corrected chi connectivity index (χ3v) is 8.30. The number of halogens is 1. The van der Waals surface area contributed by atoms with Crippen LogP contribution in [-0.2, 0) is 10.2 Å². The van der Waals surface area contributed by atoms with Crippen molar-refractivity contribution in [2.24, 2.45) is 0 Å². The van der Waals surface area contributed by atoms with Crippen LogP contribution < -0.4 is 15.5 Å². The van der Waals surface area contributed by atoms with Gasteiger partial charge in [0.05, 0.1) is 0 Å². The Labute approximate surface area is 232 Å². The van der Waals surface area contributed by atoms with E-state index in [-0.39, 0.29) is 11.2 Å². The molecular formula is C27H32FN7OS2. The number of benzene rings is 1. The van der Waals surface area contributed by atoms with E-state index in [0.29, 0.717) is 42.0 Å². The maximum atomic E-state index is 13.6. The quantitative estimate of drug-likeness (QED) is 0.238. The molecule has 2 saturated heterocycles. The minimum absolute atomic E-state index is 0.199. The number of hydrogen-bond acceptors (Lipinski definition) is 8. The molecule has 1 atom stereocenters. The van der Waals surface area contributed by atoms with E-state index in [4.69, 9.17) is 26.9 Å². The summed E-state index contributed by atoms with van der Waals surface area (Å²) in [5.41, 5.74) is 0.881. The fourth-order valence-corrected chi connectivity index (χ4v) is 5.94. The van der Waals surface area contributed by atoms with Crippen LogP contribution in [0.1, 0.15) is 44.6 Å². The summed E-state index contributed by atoms with van der Waals surface area (Å²) >= 11 is 7.08. The number of hydrogen-bond donors (Lipinski definition) is 2. The van der Waals surface area contributed by atoms with E-state index in [1.165, 1.54) is 30.3 Å². The lowest BCUT2D eigenvalue weighted by molar-refractivity contribution is 0.0515. The summed E-state index contributed by atoms with van der Waals surface area (Å²) in [4.78, 5) is 20.5. The Balaban J connectivity index is 1.33. The van der Waals surface area contributed by atoms with E-state index in [0.717, 1.165) is 48.6 Å². The van der Waals surface area contributed by atoms with Crippen LogP contribution in [0, 0.1) is 5.82 Å². The van der Waals surface area contributed by atoms with Crippen molar-refractivity contribution in [1.29, 1.82) is 0 Å². The molecule has 1 aromatic carbocycles. The molecule has 0 unspecified atom stereocenters. The molecule has 2 aliphatic heterocycles. The average Bonchev–Trinajstić information content (AvgIpc) is 2.93. The van der Waals surface area contributed by atoms with E-state index >= 15 is 0 Å². The van der Waals surface area contributed by atoms with Crippen LogP contribution in [0.5, 0.6) is 0 Å². The van der Waals surface area contributed by atoms with Crippen molar-refractivity contribution in [1.82, 2.24) is 25.3 Å². The minimum Gasteiger partial charge on any atom is -0.381 e. The number of aromatic nitrogens is 4. The second kappa shape index (κ2) is 12.3. The highest BCUT2D eigenvalue weighted by Crippen LogP contribution is 2.35. The number of nitrogens with one attached hydrogen (secondary N) is 2. The normalized spacial score (nSPS) is 19.1. The van der Waals surface area contributed by atoms with E-state index in [2.05, 4.69) is 32.4 Å². The largest absolute Gasteiger partial charge is 0.381 e. The highest BCUT2D eigenvalue weighted by molar-refractivity contribution is 7.99. The molecule has 3 aromatic rings. The summed E-state index contributed by atoms with van der Waals surface area (Å²) in [6.45, 7) is 5.09. The van der Waals surface area contributed by atoms with E-state index < -0.39 is 0 Å². The smallest absolute Gasteiger partial charge is 0.232 e. The molecule has 2 fully saturated rings. The summed E-state index contributed by atoms with van der Waals surface area (Å²) in [5, 5.41) is 8.39. The minimum atomic E-state index is -0.240. The molecule has 0 aliphatic carbocycles. The molecule has 4 heterocycles. The van der Waals surface area contributed by atoms with Crippen molar-refractivity contribution >= 4 is 40.9 Å². The van der Waals surface area contributed by atoms with Crippen molar-refractivity contribution in [3.63, 3.8) is 0 Å².